The molecule has 8 heteroatoms. The van der Waals surface area contributed by atoms with Crippen molar-refractivity contribution in [3.63, 3.8) is 0 Å². The Morgan fingerprint density at radius 3 is 2.43 bits per heavy atom. The molecule has 2 aromatic carbocycles. The Balaban J connectivity index is 1.31. The minimum absolute atomic E-state index is 0.0312. The number of nitrogens with one attached hydrogen (secondary N) is 1. The average Bonchev–Trinajstić information content (AvgIpc) is 3.36. The molecule has 2 fully saturated rings. The molecule has 1 N–H and O–H groups in total. The van der Waals surface area contributed by atoms with Gasteiger partial charge in [0.2, 0.25) is 0 Å². The quantitative estimate of drug-likeness (QED) is 0.395. The lowest BCUT2D eigenvalue weighted by atomic mass is 9.87. The van der Waals surface area contributed by atoms with Crippen molar-refractivity contribution in [2.75, 3.05) is 26.2 Å². The Morgan fingerprint density at radius 1 is 1.11 bits per heavy atom. The highest BCUT2D eigenvalue weighted by molar-refractivity contribution is 5.85. The standard InChI is InChI=1S/C29H33F4N3O/c1-16-8-21-20-6-4-5-7-25(20)34-27(21)28(36(16)15-29(2,3)33)26-23(31)10-18(11-24(26)32)37-19-13-35(14-19)12-17-9-22(17)30/h4-7,10-11,16-17,19,22,28,34H,8-9,12-15H2,1-3H3/t16-,17+,22-,28-/m1/s1. The number of H-pyrrole nitrogens is 1. The Morgan fingerprint density at radius 2 is 1.78 bits per heavy atom. The summed E-state index contributed by atoms with van der Waals surface area (Å²) in [5.74, 6) is -1.18. The van der Waals surface area contributed by atoms with Gasteiger partial charge in [0.1, 0.15) is 35.3 Å². The number of hydrogen-bond acceptors (Lipinski definition) is 3. The zero-order valence-electron chi connectivity index (χ0n) is 21.4. The zero-order valence-corrected chi connectivity index (χ0v) is 21.4. The summed E-state index contributed by atoms with van der Waals surface area (Å²) in [6.45, 7) is 6.92. The van der Waals surface area contributed by atoms with Crippen LogP contribution in [0.4, 0.5) is 17.6 Å². The summed E-state index contributed by atoms with van der Waals surface area (Å²) < 4.78 is 65.4. The monoisotopic (exact) mass is 515 g/mol. The summed E-state index contributed by atoms with van der Waals surface area (Å²) in [5, 5.41) is 1.02. The number of aromatic nitrogens is 1. The summed E-state index contributed by atoms with van der Waals surface area (Å²) in [6.07, 6.45) is 0.395. The van der Waals surface area contributed by atoms with Crippen LogP contribution >= 0.6 is 0 Å². The van der Waals surface area contributed by atoms with Gasteiger partial charge in [-0.05, 0) is 45.2 Å². The van der Waals surface area contributed by atoms with Crippen LogP contribution in [-0.4, -0.2) is 64.9 Å². The number of fused-ring (bicyclic) bond motifs is 3. The van der Waals surface area contributed by atoms with Gasteiger partial charge in [-0.25, -0.2) is 17.6 Å². The summed E-state index contributed by atoms with van der Waals surface area (Å²) >= 11 is 0. The van der Waals surface area contributed by atoms with E-state index in [0.29, 0.717) is 38.2 Å². The molecule has 1 saturated heterocycles. The fourth-order valence-corrected chi connectivity index (χ4v) is 6.06. The molecule has 0 spiro atoms. The van der Waals surface area contributed by atoms with Crippen LogP contribution in [0, 0.1) is 17.6 Å². The Kier molecular flexibility index (Phi) is 6.03. The third-order valence-electron chi connectivity index (χ3n) is 7.96. The molecule has 3 aromatic rings. The number of para-hydroxylation sites is 1. The highest BCUT2D eigenvalue weighted by Gasteiger charge is 2.43. The first-order chi connectivity index (χ1) is 17.6. The molecule has 4 atom stereocenters. The lowest BCUT2D eigenvalue weighted by molar-refractivity contribution is 0.0153. The van der Waals surface area contributed by atoms with E-state index >= 15 is 8.78 Å². The van der Waals surface area contributed by atoms with Crippen molar-refractivity contribution < 1.29 is 22.3 Å². The number of rotatable bonds is 7. The number of likely N-dealkylation sites (tertiary alicyclic amines) is 1. The van der Waals surface area contributed by atoms with Crippen LogP contribution in [0.5, 0.6) is 5.75 Å². The smallest absolute Gasteiger partial charge is 0.135 e. The van der Waals surface area contributed by atoms with E-state index in [1.54, 1.807) is 0 Å². The molecule has 1 saturated carbocycles. The topological polar surface area (TPSA) is 31.5 Å². The van der Waals surface area contributed by atoms with Gasteiger partial charge in [-0.2, -0.15) is 0 Å². The fraction of sp³-hybridized carbons (Fsp3) is 0.517. The van der Waals surface area contributed by atoms with Gasteiger partial charge in [0.05, 0.1) is 6.04 Å². The van der Waals surface area contributed by atoms with Gasteiger partial charge in [-0.1, -0.05) is 18.2 Å². The van der Waals surface area contributed by atoms with Gasteiger partial charge < -0.3 is 9.72 Å². The van der Waals surface area contributed by atoms with Gasteiger partial charge >= 0.3 is 0 Å². The van der Waals surface area contributed by atoms with Gasteiger partial charge in [0.15, 0.2) is 0 Å². The van der Waals surface area contributed by atoms with Crippen molar-refractivity contribution in [1.29, 1.82) is 0 Å². The van der Waals surface area contributed by atoms with Crippen molar-refractivity contribution in [3.8, 4) is 5.75 Å². The second kappa shape index (κ2) is 9.02. The fourth-order valence-electron chi connectivity index (χ4n) is 6.06. The number of aromatic amines is 1. The molecular weight excluding hydrogens is 482 g/mol. The summed E-state index contributed by atoms with van der Waals surface area (Å²) in [6, 6.07) is 9.36. The van der Waals surface area contributed by atoms with E-state index in [1.807, 2.05) is 36.1 Å². The molecule has 4 nitrogen and oxygen atoms in total. The largest absolute Gasteiger partial charge is 0.488 e. The molecule has 1 aliphatic carbocycles. The second-order valence-electron chi connectivity index (χ2n) is 11.7. The van der Waals surface area contributed by atoms with Crippen LogP contribution in [0.2, 0.25) is 0 Å². The SMILES string of the molecule is C[C@@H]1Cc2c([nH]c3ccccc23)[C@@H](c2c(F)cc(OC3CN(C[C@@H]4C[C@H]4F)C3)cc2F)N1CC(C)(C)F. The molecule has 0 amide bonds. The van der Waals surface area contributed by atoms with Gasteiger partial charge in [0, 0.05) is 72.4 Å². The predicted molar refractivity (Wildman–Crippen MR) is 135 cm³/mol. The molecule has 1 aromatic heterocycles. The summed E-state index contributed by atoms with van der Waals surface area (Å²) in [5.41, 5.74) is 0.961. The highest BCUT2D eigenvalue weighted by Crippen LogP contribution is 2.44. The predicted octanol–water partition coefficient (Wildman–Crippen LogP) is 5.95. The van der Waals surface area contributed by atoms with E-state index in [2.05, 4.69) is 9.88 Å². The third-order valence-corrected chi connectivity index (χ3v) is 7.96. The molecule has 0 unspecified atom stereocenters. The van der Waals surface area contributed by atoms with Crippen molar-refractivity contribution in [2.24, 2.45) is 5.92 Å². The molecule has 2 aliphatic heterocycles. The highest BCUT2D eigenvalue weighted by atomic mass is 19.1. The maximum atomic E-state index is 15.7. The molecule has 0 radical (unpaired) electrons. The normalized spacial score (nSPS) is 26.8. The van der Waals surface area contributed by atoms with Crippen LogP contribution in [0.15, 0.2) is 36.4 Å². The van der Waals surface area contributed by atoms with Crippen LogP contribution in [0.1, 0.15) is 50.1 Å². The van der Waals surface area contributed by atoms with E-state index in [4.69, 9.17) is 4.74 Å². The van der Waals surface area contributed by atoms with Gasteiger partial charge in [-0.15, -0.1) is 0 Å². The van der Waals surface area contributed by atoms with Crippen LogP contribution in [0.3, 0.4) is 0 Å². The summed E-state index contributed by atoms with van der Waals surface area (Å²) in [7, 11) is 0. The number of ether oxygens (including phenoxy) is 1. The van der Waals surface area contributed by atoms with Crippen molar-refractivity contribution in [3.05, 3.63) is 64.9 Å². The zero-order chi connectivity index (χ0) is 26.1. The van der Waals surface area contributed by atoms with E-state index in [9.17, 15) is 8.78 Å². The number of halogens is 4. The van der Waals surface area contributed by atoms with Crippen LogP contribution in [0.25, 0.3) is 10.9 Å². The second-order valence-corrected chi connectivity index (χ2v) is 11.7. The molecular formula is C29H33F4N3O. The molecule has 3 aliphatic rings. The van der Waals surface area contributed by atoms with Crippen molar-refractivity contribution in [2.45, 2.75) is 63.6 Å². The number of alkyl halides is 2. The molecule has 37 heavy (non-hydrogen) atoms. The molecule has 3 heterocycles. The summed E-state index contributed by atoms with van der Waals surface area (Å²) in [4.78, 5) is 7.35. The van der Waals surface area contributed by atoms with E-state index < -0.39 is 29.5 Å². The Bertz CT molecular complexity index is 1290. The van der Waals surface area contributed by atoms with E-state index in [-0.39, 0.29) is 35.9 Å². The van der Waals surface area contributed by atoms with Crippen LogP contribution in [-0.2, 0) is 6.42 Å². The lowest BCUT2D eigenvalue weighted by Crippen LogP contribution is -2.54. The van der Waals surface area contributed by atoms with E-state index in [0.717, 1.165) is 16.5 Å². The van der Waals surface area contributed by atoms with Crippen molar-refractivity contribution in [1.82, 2.24) is 14.8 Å². The van der Waals surface area contributed by atoms with Gasteiger partial charge in [0.25, 0.3) is 0 Å². The molecule has 6 rings (SSSR count). The molecule has 198 valence electrons. The minimum atomic E-state index is -1.55. The maximum absolute atomic E-state index is 15.7. The Hall–Kier alpha value is -2.58. The third kappa shape index (κ3) is 4.74. The number of nitrogens with zero attached hydrogens (tertiary/aromatic N) is 2. The average molecular weight is 516 g/mol. The first kappa shape index (κ1) is 24.7. The maximum Gasteiger partial charge on any atom is 0.135 e. The molecule has 0 bridgehead atoms. The van der Waals surface area contributed by atoms with Gasteiger partial charge in [-0.3, -0.25) is 9.80 Å². The van der Waals surface area contributed by atoms with E-state index in [1.165, 1.54) is 26.0 Å². The minimum Gasteiger partial charge on any atom is -0.488 e. The Labute approximate surface area is 214 Å². The van der Waals surface area contributed by atoms with Crippen molar-refractivity contribution >= 4 is 10.9 Å². The first-order valence-corrected chi connectivity index (χ1v) is 13.1. The number of benzene rings is 2. The number of hydrogen-bond donors (Lipinski definition) is 1. The van der Waals surface area contributed by atoms with Crippen LogP contribution < -0.4 is 4.74 Å². The first-order valence-electron chi connectivity index (χ1n) is 13.1. The lowest BCUT2D eigenvalue weighted by Gasteiger charge is -2.43.